The van der Waals surface area contributed by atoms with Crippen molar-refractivity contribution >= 4 is 11.6 Å². The third-order valence-electron chi connectivity index (χ3n) is 3.58. The topological polar surface area (TPSA) is 16.1 Å². The Hall–Kier alpha value is -0.600. The molecule has 94 valence electrons. The molecule has 2 rings (SSSR count). The van der Waals surface area contributed by atoms with Crippen molar-refractivity contribution in [3.63, 3.8) is 0 Å². The van der Waals surface area contributed by atoms with Gasteiger partial charge in [0.15, 0.2) is 0 Å². The lowest BCUT2D eigenvalue weighted by molar-refractivity contribution is 0.253. The van der Waals surface area contributed by atoms with E-state index in [1.54, 1.807) is 0 Å². The van der Waals surface area contributed by atoms with Crippen LogP contribution in [-0.4, -0.2) is 23.0 Å². The summed E-state index contributed by atoms with van der Waals surface area (Å²) < 4.78 is 0. The Bertz CT molecular complexity index is 378. The number of likely N-dealkylation sites (tertiary alicyclic amines) is 1. The smallest absolute Gasteiger partial charge is 0.131 e. The Morgan fingerprint density at radius 1 is 1.53 bits per heavy atom. The van der Waals surface area contributed by atoms with Crippen molar-refractivity contribution < 1.29 is 0 Å². The fourth-order valence-corrected chi connectivity index (χ4v) is 2.70. The molecule has 1 atom stereocenters. The number of rotatable bonds is 4. The molecule has 0 saturated carbocycles. The highest BCUT2D eigenvalue weighted by molar-refractivity contribution is 6.30. The van der Waals surface area contributed by atoms with Gasteiger partial charge < -0.3 is 0 Å². The zero-order valence-electron chi connectivity index (χ0n) is 10.7. The van der Waals surface area contributed by atoms with Crippen molar-refractivity contribution in [1.29, 1.82) is 0 Å². The first-order valence-corrected chi connectivity index (χ1v) is 6.96. The van der Waals surface area contributed by atoms with E-state index in [1.807, 2.05) is 13.1 Å². The van der Waals surface area contributed by atoms with E-state index in [1.165, 1.54) is 44.3 Å². The van der Waals surface area contributed by atoms with Gasteiger partial charge in [-0.3, -0.25) is 4.90 Å². The zero-order chi connectivity index (χ0) is 12.3. The summed E-state index contributed by atoms with van der Waals surface area (Å²) in [5.41, 5.74) is 2.42. The van der Waals surface area contributed by atoms with E-state index in [4.69, 9.17) is 11.6 Å². The second kappa shape index (κ2) is 5.83. The molecule has 0 aromatic carbocycles. The van der Waals surface area contributed by atoms with Crippen LogP contribution < -0.4 is 0 Å². The van der Waals surface area contributed by atoms with Crippen LogP contribution in [0.2, 0.25) is 5.15 Å². The van der Waals surface area contributed by atoms with E-state index in [2.05, 4.69) is 22.9 Å². The van der Waals surface area contributed by atoms with Gasteiger partial charge in [-0.1, -0.05) is 24.9 Å². The molecule has 17 heavy (non-hydrogen) atoms. The summed E-state index contributed by atoms with van der Waals surface area (Å²) in [7, 11) is 0. The molecule has 1 aliphatic rings. The fourth-order valence-electron chi connectivity index (χ4n) is 2.59. The Balaban J connectivity index is 2.11. The second-order valence-corrected chi connectivity index (χ2v) is 5.28. The van der Waals surface area contributed by atoms with Crippen LogP contribution in [0.5, 0.6) is 0 Å². The standard InChI is InChI=1S/C14H21ClN2/c1-3-4-7-17-8-5-6-13(17)12-9-11(2)14(15)16-10-12/h9-10,13H,3-8H2,1-2H3/t13-/m0/s1. The summed E-state index contributed by atoms with van der Waals surface area (Å²) in [6.07, 6.45) is 7.06. The van der Waals surface area contributed by atoms with Crippen LogP contribution in [0.25, 0.3) is 0 Å². The van der Waals surface area contributed by atoms with E-state index >= 15 is 0 Å². The fraction of sp³-hybridized carbons (Fsp3) is 0.643. The van der Waals surface area contributed by atoms with Crippen molar-refractivity contribution in [2.75, 3.05) is 13.1 Å². The number of aromatic nitrogens is 1. The normalized spacial score (nSPS) is 21.0. The zero-order valence-corrected chi connectivity index (χ0v) is 11.5. The molecule has 0 bridgehead atoms. The molecule has 1 aromatic heterocycles. The van der Waals surface area contributed by atoms with Crippen LogP contribution in [0.4, 0.5) is 0 Å². The summed E-state index contributed by atoms with van der Waals surface area (Å²) >= 11 is 5.98. The number of aryl methyl sites for hydroxylation is 1. The molecule has 2 nitrogen and oxygen atoms in total. The number of nitrogens with zero attached hydrogens (tertiary/aromatic N) is 2. The van der Waals surface area contributed by atoms with Gasteiger partial charge >= 0.3 is 0 Å². The quantitative estimate of drug-likeness (QED) is 0.754. The molecule has 2 heterocycles. The molecule has 0 radical (unpaired) electrons. The first kappa shape index (κ1) is 12.8. The van der Waals surface area contributed by atoms with Gasteiger partial charge in [0.25, 0.3) is 0 Å². The summed E-state index contributed by atoms with van der Waals surface area (Å²) in [5.74, 6) is 0. The predicted octanol–water partition coefficient (Wildman–Crippen LogP) is 3.98. The molecule has 1 aromatic rings. The molecule has 0 N–H and O–H groups in total. The summed E-state index contributed by atoms with van der Waals surface area (Å²) in [4.78, 5) is 6.87. The van der Waals surface area contributed by atoms with Gasteiger partial charge in [0.1, 0.15) is 5.15 Å². The average molecular weight is 253 g/mol. The molecular formula is C14H21ClN2. The summed E-state index contributed by atoms with van der Waals surface area (Å²) in [6.45, 7) is 6.72. The highest BCUT2D eigenvalue weighted by Crippen LogP contribution is 2.32. The average Bonchev–Trinajstić information content (AvgIpc) is 2.78. The highest BCUT2D eigenvalue weighted by atomic mass is 35.5. The number of halogens is 1. The third-order valence-corrected chi connectivity index (χ3v) is 3.98. The molecule has 1 saturated heterocycles. The Morgan fingerprint density at radius 3 is 3.06 bits per heavy atom. The monoisotopic (exact) mass is 252 g/mol. The minimum atomic E-state index is 0.560. The molecule has 3 heteroatoms. The van der Waals surface area contributed by atoms with Crippen molar-refractivity contribution in [2.24, 2.45) is 0 Å². The maximum Gasteiger partial charge on any atom is 0.131 e. The van der Waals surface area contributed by atoms with Gasteiger partial charge in [-0.2, -0.15) is 0 Å². The second-order valence-electron chi connectivity index (χ2n) is 4.92. The SMILES string of the molecule is CCCCN1CCC[C@H]1c1cnc(Cl)c(C)c1. The van der Waals surface area contributed by atoms with Crippen LogP contribution >= 0.6 is 11.6 Å². The van der Waals surface area contributed by atoms with Crippen molar-refractivity contribution in [3.05, 3.63) is 28.5 Å². The van der Waals surface area contributed by atoms with Crippen molar-refractivity contribution in [1.82, 2.24) is 9.88 Å². The summed E-state index contributed by atoms with van der Waals surface area (Å²) in [6, 6.07) is 2.76. The number of pyridine rings is 1. The molecule has 1 fully saturated rings. The maximum absolute atomic E-state index is 5.98. The lowest BCUT2D eigenvalue weighted by Crippen LogP contribution is -2.24. The predicted molar refractivity (Wildman–Crippen MR) is 72.4 cm³/mol. The van der Waals surface area contributed by atoms with Crippen LogP contribution in [0, 0.1) is 6.92 Å². The number of hydrogen-bond acceptors (Lipinski definition) is 2. The Kier molecular flexibility index (Phi) is 4.41. The Morgan fingerprint density at radius 2 is 2.35 bits per heavy atom. The molecule has 0 aliphatic carbocycles. The summed E-state index contributed by atoms with van der Waals surface area (Å²) in [5, 5.41) is 0.631. The molecule has 1 aliphatic heterocycles. The minimum Gasteiger partial charge on any atom is -0.296 e. The van der Waals surface area contributed by atoms with Gasteiger partial charge in [0.2, 0.25) is 0 Å². The first-order chi connectivity index (χ1) is 8.22. The Labute approximate surface area is 109 Å². The van der Waals surface area contributed by atoms with Crippen LogP contribution in [-0.2, 0) is 0 Å². The molecular weight excluding hydrogens is 232 g/mol. The molecule has 0 amide bonds. The van der Waals surface area contributed by atoms with Gasteiger partial charge in [-0.25, -0.2) is 4.98 Å². The van der Waals surface area contributed by atoms with E-state index in [9.17, 15) is 0 Å². The largest absolute Gasteiger partial charge is 0.296 e. The number of hydrogen-bond donors (Lipinski definition) is 0. The lowest BCUT2D eigenvalue weighted by Gasteiger charge is -2.24. The van der Waals surface area contributed by atoms with Crippen molar-refractivity contribution in [3.8, 4) is 0 Å². The van der Waals surface area contributed by atoms with E-state index < -0.39 is 0 Å². The van der Waals surface area contributed by atoms with E-state index in [0.29, 0.717) is 11.2 Å². The van der Waals surface area contributed by atoms with Gasteiger partial charge in [0, 0.05) is 12.2 Å². The first-order valence-electron chi connectivity index (χ1n) is 6.58. The number of unbranched alkanes of at least 4 members (excludes halogenated alkanes) is 1. The van der Waals surface area contributed by atoms with E-state index in [-0.39, 0.29) is 0 Å². The van der Waals surface area contributed by atoms with Crippen LogP contribution in [0.15, 0.2) is 12.3 Å². The highest BCUT2D eigenvalue weighted by Gasteiger charge is 2.25. The van der Waals surface area contributed by atoms with E-state index in [0.717, 1.165) is 5.56 Å². The lowest BCUT2D eigenvalue weighted by atomic mass is 10.1. The maximum atomic E-state index is 5.98. The van der Waals surface area contributed by atoms with Gasteiger partial charge in [-0.15, -0.1) is 0 Å². The van der Waals surface area contributed by atoms with Gasteiger partial charge in [-0.05, 0) is 56.5 Å². The van der Waals surface area contributed by atoms with Crippen LogP contribution in [0.3, 0.4) is 0 Å². The third kappa shape index (κ3) is 2.99. The molecule has 0 spiro atoms. The van der Waals surface area contributed by atoms with Crippen molar-refractivity contribution in [2.45, 2.75) is 45.6 Å². The molecule has 0 unspecified atom stereocenters. The van der Waals surface area contributed by atoms with Gasteiger partial charge in [0.05, 0.1) is 0 Å². The minimum absolute atomic E-state index is 0.560. The van der Waals surface area contributed by atoms with Crippen LogP contribution in [0.1, 0.15) is 49.8 Å².